The first kappa shape index (κ1) is 18.3. The van der Waals surface area contributed by atoms with Crippen LogP contribution < -0.4 is 10.1 Å². The van der Waals surface area contributed by atoms with Gasteiger partial charge in [-0.05, 0) is 72.7 Å². The lowest BCUT2D eigenvalue weighted by molar-refractivity contribution is -0.120. The fraction of sp³-hybridized carbons (Fsp3) is 0.304. The predicted molar refractivity (Wildman–Crippen MR) is 109 cm³/mol. The van der Waals surface area contributed by atoms with Gasteiger partial charge in [-0.25, -0.2) is 4.68 Å². The van der Waals surface area contributed by atoms with Crippen LogP contribution in [0.5, 0.6) is 5.75 Å². The van der Waals surface area contributed by atoms with Crippen molar-refractivity contribution in [1.82, 2.24) is 15.1 Å². The van der Waals surface area contributed by atoms with Crippen molar-refractivity contribution < 1.29 is 9.53 Å². The number of hydrogen-bond donors (Lipinski definition) is 1. The molecule has 4 rings (SSSR count). The third-order valence-electron chi connectivity index (χ3n) is 5.23. The van der Waals surface area contributed by atoms with E-state index in [0.29, 0.717) is 13.0 Å². The summed E-state index contributed by atoms with van der Waals surface area (Å²) in [6, 6.07) is 16.1. The molecule has 1 aliphatic carbocycles. The number of nitrogens with zero attached hydrogens (tertiary/aromatic N) is 2. The van der Waals surface area contributed by atoms with Crippen molar-refractivity contribution in [2.45, 2.75) is 38.6 Å². The van der Waals surface area contributed by atoms with Crippen LogP contribution in [-0.2, 0) is 30.6 Å². The Hall–Kier alpha value is -3.08. The summed E-state index contributed by atoms with van der Waals surface area (Å²) in [5.74, 6) is 0.834. The van der Waals surface area contributed by atoms with Crippen molar-refractivity contribution >= 4 is 5.91 Å². The number of aryl methyl sites for hydroxylation is 2. The van der Waals surface area contributed by atoms with Crippen LogP contribution in [0.25, 0.3) is 5.69 Å². The van der Waals surface area contributed by atoms with Crippen LogP contribution >= 0.6 is 0 Å². The molecule has 2 aromatic carbocycles. The molecule has 0 bridgehead atoms. The summed E-state index contributed by atoms with van der Waals surface area (Å²) in [7, 11) is 1.65. The third kappa shape index (κ3) is 4.25. The summed E-state index contributed by atoms with van der Waals surface area (Å²) in [6.07, 6.45) is 7.13. The maximum absolute atomic E-state index is 12.3. The molecule has 28 heavy (non-hydrogen) atoms. The smallest absolute Gasteiger partial charge is 0.224 e. The highest BCUT2D eigenvalue weighted by Gasteiger charge is 2.11. The topological polar surface area (TPSA) is 56.1 Å². The summed E-state index contributed by atoms with van der Waals surface area (Å²) in [4.78, 5) is 12.3. The van der Waals surface area contributed by atoms with Crippen molar-refractivity contribution in [3.05, 3.63) is 77.1 Å². The lowest BCUT2D eigenvalue weighted by Crippen LogP contribution is -2.25. The Bertz CT molecular complexity index is 960. The zero-order valence-corrected chi connectivity index (χ0v) is 16.1. The Labute approximate surface area is 165 Å². The number of amides is 1. The normalized spacial score (nSPS) is 13.0. The number of fused-ring (bicyclic) bond motifs is 1. The van der Waals surface area contributed by atoms with Crippen LogP contribution in [0.3, 0.4) is 0 Å². The van der Waals surface area contributed by atoms with E-state index in [-0.39, 0.29) is 5.91 Å². The van der Waals surface area contributed by atoms with Gasteiger partial charge in [-0.3, -0.25) is 4.79 Å². The predicted octanol–water partition coefficient (Wildman–Crippen LogP) is 3.62. The van der Waals surface area contributed by atoms with Crippen LogP contribution in [0.1, 0.15) is 35.2 Å². The number of aromatic nitrogens is 2. The maximum atomic E-state index is 12.3. The molecule has 1 N–H and O–H groups in total. The van der Waals surface area contributed by atoms with Crippen molar-refractivity contribution in [3.8, 4) is 11.4 Å². The molecule has 0 atom stereocenters. The van der Waals surface area contributed by atoms with Crippen LogP contribution in [0, 0.1) is 0 Å². The first-order valence-electron chi connectivity index (χ1n) is 9.77. The third-order valence-corrected chi connectivity index (χ3v) is 5.23. The van der Waals surface area contributed by atoms with Crippen LogP contribution in [0.2, 0.25) is 0 Å². The molecule has 0 saturated heterocycles. The second-order valence-electron chi connectivity index (χ2n) is 7.21. The lowest BCUT2D eigenvalue weighted by atomic mass is 9.90. The zero-order valence-electron chi connectivity index (χ0n) is 16.1. The van der Waals surface area contributed by atoms with Crippen molar-refractivity contribution in [2.24, 2.45) is 0 Å². The summed E-state index contributed by atoms with van der Waals surface area (Å²) in [6.45, 7) is 0.424. The maximum Gasteiger partial charge on any atom is 0.224 e. The number of carbonyl (C=O) groups is 1. The molecule has 1 aliphatic rings. The largest absolute Gasteiger partial charge is 0.497 e. The first-order chi connectivity index (χ1) is 13.7. The first-order valence-corrected chi connectivity index (χ1v) is 9.77. The highest BCUT2D eigenvalue weighted by Crippen LogP contribution is 2.22. The van der Waals surface area contributed by atoms with E-state index in [4.69, 9.17) is 4.74 Å². The average Bonchev–Trinajstić information content (AvgIpc) is 3.21. The number of hydrogen-bond acceptors (Lipinski definition) is 3. The number of methoxy groups -OCH3 is 1. The molecule has 1 aromatic heterocycles. The van der Waals surface area contributed by atoms with Crippen molar-refractivity contribution in [3.63, 3.8) is 0 Å². The fourth-order valence-corrected chi connectivity index (χ4v) is 3.67. The quantitative estimate of drug-likeness (QED) is 0.716. The second-order valence-corrected chi connectivity index (χ2v) is 7.21. The fourth-order valence-electron chi connectivity index (χ4n) is 3.67. The molecule has 0 fully saturated rings. The molecule has 0 radical (unpaired) electrons. The minimum atomic E-state index is 0.0229. The van der Waals surface area contributed by atoms with Crippen LogP contribution in [0.15, 0.2) is 54.7 Å². The van der Waals surface area contributed by atoms with E-state index in [2.05, 4.69) is 28.6 Å². The molecule has 1 amide bonds. The van der Waals surface area contributed by atoms with Gasteiger partial charge >= 0.3 is 0 Å². The second kappa shape index (κ2) is 8.30. The number of ether oxygens (including phenoxy) is 1. The van der Waals surface area contributed by atoms with E-state index in [1.54, 1.807) is 11.8 Å². The van der Waals surface area contributed by atoms with E-state index in [1.165, 1.54) is 30.4 Å². The van der Waals surface area contributed by atoms with Gasteiger partial charge in [0.15, 0.2) is 0 Å². The molecule has 0 saturated carbocycles. The van der Waals surface area contributed by atoms with Gasteiger partial charge < -0.3 is 10.1 Å². The van der Waals surface area contributed by atoms with E-state index < -0.39 is 0 Å². The van der Waals surface area contributed by atoms with Crippen LogP contribution in [0.4, 0.5) is 0 Å². The number of rotatable bonds is 6. The zero-order chi connectivity index (χ0) is 19.3. The summed E-state index contributed by atoms with van der Waals surface area (Å²) in [5.41, 5.74) is 5.72. The van der Waals surface area contributed by atoms with Crippen molar-refractivity contribution in [2.75, 3.05) is 7.11 Å². The SMILES string of the molecule is COc1ccc(-n2ccc(CNC(=O)Cc3ccc4c(c3)CCCC4)n2)cc1. The van der Waals surface area contributed by atoms with Gasteiger partial charge in [-0.15, -0.1) is 0 Å². The summed E-state index contributed by atoms with van der Waals surface area (Å²) in [5, 5.41) is 7.51. The highest BCUT2D eigenvalue weighted by molar-refractivity contribution is 5.78. The van der Waals surface area contributed by atoms with Gasteiger partial charge in [0.1, 0.15) is 5.75 Å². The Kier molecular flexibility index (Phi) is 5.42. The lowest BCUT2D eigenvalue weighted by Gasteiger charge is -2.16. The molecule has 5 nitrogen and oxygen atoms in total. The van der Waals surface area contributed by atoms with E-state index in [1.807, 2.05) is 36.5 Å². The molecule has 0 aliphatic heterocycles. The van der Waals surface area contributed by atoms with Gasteiger partial charge in [0.25, 0.3) is 0 Å². The van der Waals surface area contributed by atoms with Gasteiger partial charge in [-0.1, -0.05) is 18.2 Å². The highest BCUT2D eigenvalue weighted by atomic mass is 16.5. The molecule has 5 heteroatoms. The van der Waals surface area contributed by atoms with Gasteiger partial charge in [0, 0.05) is 6.20 Å². The number of benzene rings is 2. The molecule has 0 spiro atoms. The monoisotopic (exact) mass is 375 g/mol. The minimum Gasteiger partial charge on any atom is -0.497 e. The molecule has 3 aromatic rings. The van der Waals surface area contributed by atoms with Gasteiger partial charge in [0.2, 0.25) is 5.91 Å². The molecule has 144 valence electrons. The standard InChI is InChI=1S/C23H25N3O2/c1-28-22-10-8-21(9-11-22)26-13-12-20(25-26)16-24-23(27)15-17-6-7-18-4-2-3-5-19(18)14-17/h6-14H,2-5,15-16H2,1H3,(H,24,27). The van der Waals surface area contributed by atoms with Crippen molar-refractivity contribution in [1.29, 1.82) is 0 Å². The van der Waals surface area contributed by atoms with E-state index in [9.17, 15) is 4.79 Å². The van der Waals surface area contributed by atoms with E-state index in [0.717, 1.165) is 29.1 Å². The Morgan fingerprint density at radius 1 is 1.07 bits per heavy atom. The Balaban J connectivity index is 1.33. The molecular formula is C23H25N3O2. The Morgan fingerprint density at radius 3 is 2.64 bits per heavy atom. The Morgan fingerprint density at radius 2 is 1.86 bits per heavy atom. The number of nitrogens with one attached hydrogen (secondary N) is 1. The number of carbonyl (C=O) groups excluding carboxylic acids is 1. The average molecular weight is 375 g/mol. The molecule has 0 unspecified atom stereocenters. The summed E-state index contributed by atoms with van der Waals surface area (Å²) >= 11 is 0. The van der Waals surface area contributed by atoms with Gasteiger partial charge in [-0.2, -0.15) is 5.10 Å². The molecular weight excluding hydrogens is 350 g/mol. The van der Waals surface area contributed by atoms with Crippen LogP contribution in [-0.4, -0.2) is 22.8 Å². The minimum absolute atomic E-state index is 0.0229. The summed E-state index contributed by atoms with van der Waals surface area (Å²) < 4.78 is 6.97. The van der Waals surface area contributed by atoms with Gasteiger partial charge in [0.05, 0.1) is 31.5 Å². The molecule has 1 heterocycles. The van der Waals surface area contributed by atoms with E-state index >= 15 is 0 Å².